The van der Waals surface area contributed by atoms with Crippen molar-refractivity contribution in [3.05, 3.63) is 71.3 Å². The molecule has 28 heavy (non-hydrogen) atoms. The molecule has 2 amide bonds. The van der Waals surface area contributed by atoms with E-state index in [-0.39, 0.29) is 23.9 Å². The zero-order valence-electron chi connectivity index (χ0n) is 15.9. The van der Waals surface area contributed by atoms with E-state index in [9.17, 15) is 9.59 Å². The van der Waals surface area contributed by atoms with Crippen molar-refractivity contribution in [3.8, 4) is 0 Å². The quantitative estimate of drug-likeness (QED) is 0.849. The number of benzene rings is 2. The van der Waals surface area contributed by atoms with E-state index in [1.165, 1.54) is 16.7 Å². The van der Waals surface area contributed by atoms with Crippen molar-refractivity contribution >= 4 is 12.0 Å². The number of carbonyl (C=O) groups is 2. The van der Waals surface area contributed by atoms with Gasteiger partial charge in [0.1, 0.15) is 0 Å². The summed E-state index contributed by atoms with van der Waals surface area (Å²) in [4.78, 5) is 26.0. The summed E-state index contributed by atoms with van der Waals surface area (Å²) < 4.78 is 0. The number of nitrogens with zero attached hydrogens (tertiary/aromatic N) is 1. The van der Waals surface area contributed by atoms with Crippen molar-refractivity contribution in [1.82, 2.24) is 10.2 Å². The monoisotopic (exact) mass is 378 g/mol. The molecule has 0 spiro atoms. The third-order valence-electron chi connectivity index (χ3n) is 6.09. The smallest absolute Gasteiger partial charge is 0.317 e. The van der Waals surface area contributed by atoms with Gasteiger partial charge in [-0.25, -0.2) is 4.79 Å². The minimum Gasteiger partial charge on any atom is -0.481 e. The highest BCUT2D eigenvalue weighted by atomic mass is 16.4. The molecule has 1 fully saturated rings. The van der Waals surface area contributed by atoms with Crippen LogP contribution in [0.4, 0.5) is 4.79 Å². The summed E-state index contributed by atoms with van der Waals surface area (Å²) in [6.07, 6.45) is 2.73. The third kappa shape index (κ3) is 3.88. The van der Waals surface area contributed by atoms with Crippen LogP contribution in [0.5, 0.6) is 0 Å². The standard InChI is InChI=1S/C23H26N2O3/c26-22(27)17-10-12-19(13-11-17)24-23(28)25-14-18-8-4-5-9-20(18)21(15-25)16-6-2-1-3-7-16/h1-9,17,19,21H,10-15H2,(H,24,28)(H,26,27)/t17?,19?,21-/m1/s1. The molecule has 1 atom stereocenters. The zero-order valence-corrected chi connectivity index (χ0v) is 15.9. The van der Waals surface area contributed by atoms with Crippen LogP contribution in [0, 0.1) is 5.92 Å². The number of carboxylic acids is 1. The maximum atomic E-state index is 13.0. The molecular weight excluding hydrogens is 352 g/mol. The Kier molecular flexibility index (Phi) is 5.33. The maximum Gasteiger partial charge on any atom is 0.317 e. The average Bonchev–Trinajstić information content (AvgIpc) is 2.74. The first-order chi connectivity index (χ1) is 13.6. The lowest BCUT2D eigenvalue weighted by molar-refractivity contribution is -0.142. The van der Waals surface area contributed by atoms with Crippen molar-refractivity contribution in [2.24, 2.45) is 5.92 Å². The van der Waals surface area contributed by atoms with Gasteiger partial charge in [0.15, 0.2) is 0 Å². The van der Waals surface area contributed by atoms with E-state index in [0.717, 1.165) is 12.8 Å². The van der Waals surface area contributed by atoms with E-state index in [4.69, 9.17) is 5.11 Å². The Morgan fingerprint density at radius 1 is 0.929 bits per heavy atom. The Balaban J connectivity index is 1.47. The summed E-state index contributed by atoms with van der Waals surface area (Å²) in [6, 6.07) is 18.7. The first-order valence-electron chi connectivity index (χ1n) is 10.0. The van der Waals surface area contributed by atoms with Crippen LogP contribution >= 0.6 is 0 Å². The largest absolute Gasteiger partial charge is 0.481 e. The molecule has 2 aromatic carbocycles. The normalized spacial score (nSPS) is 24.3. The Bertz CT molecular complexity index is 844. The van der Waals surface area contributed by atoms with Crippen LogP contribution in [0.25, 0.3) is 0 Å². The second-order valence-electron chi connectivity index (χ2n) is 7.88. The Labute approximate surface area is 165 Å². The first-order valence-corrected chi connectivity index (χ1v) is 10.0. The third-order valence-corrected chi connectivity index (χ3v) is 6.09. The van der Waals surface area contributed by atoms with E-state index in [2.05, 4.69) is 35.6 Å². The lowest BCUT2D eigenvalue weighted by Gasteiger charge is -2.36. The number of urea groups is 1. The molecule has 146 valence electrons. The van der Waals surface area contributed by atoms with Gasteiger partial charge < -0.3 is 15.3 Å². The molecule has 1 heterocycles. The van der Waals surface area contributed by atoms with E-state index in [0.29, 0.717) is 25.9 Å². The number of nitrogens with one attached hydrogen (secondary N) is 1. The molecule has 0 saturated heterocycles. The summed E-state index contributed by atoms with van der Waals surface area (Å²) in [5, 5.41) is 12.3. The maximum absolute atomic E-state index is 13.0. The number of rotatable bonds is 3. The fraction of sp³-hybridized carbons (Fsp3) is 0.391. The number of hydrogen-bond acceptors (Lipinski definition) is 2. The van der Waals surface area contributed by atoms with Gasteiger partial charge in [-0.3, -0.25) is 4.79 Å². The fourth-order valence-electron chi connectivity index (χ4n) is 4.48. The van der Waals surface area contributed by atoms with Crippen molar-refractivity contribution in [2.75, 3.05) is 6.54 Å². The molecule has 0 aromatic heterocycles. The minimum atomic E-state index is -0.719. The number of fused-ring (bicyclic) bond motifs is 1. The van der Waals surface area contributed by atoms with E-state index in [1.807, 2.05) is 29.2 Å². The van der Waals surface area contributed by atoms with Gasteiger partial charge in [0, 0.05) is 25.0 Å². The number of carbonyl (C=O) groups excluding carboxylic acids is 1. The number of hydrogen-bond donors (Lipinski definition) is 2. The molecule has 0 unspecified atom stereocenters. The molecular formula is C23H26N2O3. The first kappa shape index (κ1) is 18.5. The average molecular weight is 378 g/mol. The summed E-state index contributed by atoms with van der Waals surface area (Å²) >= 11 is 0. The van der Waals surface area contributed by atoms with Crippen LogP contribution in [-0.2, 0) is 11.3 Å². The van der Waals surface area contributed by atoms with Gasteiger partial charge in [-0.15, -0.1) is 0 Å². The predicted octanol–water partition coefficient (Wildman–Crippen LogP) is 3.99. The fourth-order valence-corrected chi connectivity index (χ4v) is 4.48. The van der Waals surface area contributed by atoms with Crippen molar-refractivity contribution in [3.63, 3.8) is 0 Å². The molecule has 2 aliphatic rings. The van der Waals surface area contributed by atoms with Gasteiger partial charge in [0.05, 0.1) is 5.92 Å². The molecule has 0 radical (unpaired) electrons. The van der Waals surface area contributed by atoms with Crippen LogP contribution < -0.4 is 5.32 Å². The van der Waals surface area contributed by atoms with Crippen molar-refractivity contribution in [1.29, 1.82) is 0 Å². The number of carboxylic acid groups (broad SMARTS) is 1. The highest BCUT2D eigenvalue weighted by Gasteiger charge is 2.31. The van der Waals surface area contributed by atoms with Crippen LogP contribution in [0.3, 0.4) is 0 Å². The minimum absolute atomic E-state index is 0.0470. The van der Waals surface area contributed by atoms with Crippen molar-refractivity contribution < 1.29 is 14.7 Å². The molecule has 2 N–H and O–H groups in total. The second-order valence-corrected chi connectivity index (χ2v) is 7.88. The zero-order chi connectivity index (χ0) is 19.5. The van der Waals surface area contributed by atoms with Crippen LogP contribution in [-0.4, -0.2) is 34.6 Å². The topological polar surface area (TPSA) is 69.6 Å². The SMILES string of the molecule is O=C(O)C1CCC(NC(=O)N2Cc3ccccc3[C@@H](c3ccccc3)C2)CC1. The molecule has 1 saturated carbocycles. The van der Waals surface area contributed by atoms with Crippen LogP contribution in [0.1, 0.15) is 48.3 Å². The van der Waals surface area contributed by atoms with Crippen molar-refractivity contribution in [2.45, 2.75) is 44.2 Å². The highest BCUT2D eigenvalue weighted by Crippen LogP contribution is 2.33. The molecule has 5 nitrogen and oxygen atoms in total. The molecule has 4 rings (SSSR count). The Hall–Kier alpha value is -2.82. The molecule has 5 heteroatoms. The molecule has 2 aromatic rings. The highest BCUT2D eigenvalue weighted by molar-refractivity contribution is 5.75. The lowest BCUT2D eigenvalue weighted by atomic mass is 9.84. The van der Waals surface area contributed by atoms with Gasteiger partial charge in [-0.1, -0.05) is 54.6 Å². The summed E-state index contributed by atoms with van der Waals surface area (Å²) in [5.74, 6) is -0.819. The molecule has 1 aliphatic carbocycles. The number of amides is 2. The van der Waals surface area contributed by atoms with Crippen LogP contribution in [0.15, 0.2) is 54.6 Å². The molecule has 0 bridgehead atoms. The van der Waals surface area contributed by atoms with Gasteiger partial charge in [0.2, 0.25) is 0 Å². The summed E-state index contributed by atoms with van der Waals surface area (Å²) in [6.45, 7) is 1.26. The predicted molar refractivity (Wildman–Crippen MR) is 107 cm³/mol. The summed E-state index contributed by atoms with van der Waals surface area (Å²) in [5.41, 5.74) is 3.70. The van der Waals surface area contributed by atoms with Crippen LogP contribution in [0.2, 0.25) is 0 Å². The summed E-state index contributed by atoms with van der Waals surface area (Å²) in [7, 11) is 0. The lowest BCUT2D eigenvalue weighted by Crippen LogP contribution is -2.48. The second kappa shape index (κ2) is 8.05. The van der Waals surface area contributed by atoms with Gasteiger partial charge in [-0.05, 0) is 42.4 Å². The van der Waals surface area contributed by atoms with Gasteiger partial charge in [0.25, 0.3) is 0 Å². The number of aliphatic carboxylic acids is 1. The van der Waals surface area contributed by atoms with E-state index in [1.54, 1.807) is 0 Å². The molecule has 1 aliphatic heterocycles. The van der Waals surface area contributed by atoms with Gasteiger partial charge >= 0.3 is 12.0 Å². The van der Waals surface area contributed by atoms with Gasteiger partial charge in [-0.2, -0.15) is 0 Å². The Morgan fingerprint density at radius 3 is 2.32 bits per heavy atom. The Morgan fingerprint density at radius 2 is 1.61 bits per heavy atom. The van der Waals surface area contributed by atoms with E-state index < -0.39 is 5.97 Å². The van der Waals surface area contributed by atoms with E-state index >= 15 is 0 Å².